The highest BCUT2D eigenvalue weighted by atomic mass is 16.5. The second-order valence-electron chi connectivity index (χ2n) is 3.68. The number of nitrogens with one attached hydrogen (secondary N) is 1. The summed E-state index contributed by atoms with van der Waals surface area (Å²) in [4.78, 5) is 21.3. The van der Waals surface area contributed by atoms with Gasteiger partial charge in [0.05, 0.1) is 0 Å². The SMILES string of the molecule is C=CCOC(=O)NCC(C)(C)C#CC(=O)O. The molecule has 0 saturated carbocycles. The van der Waals surface area contributed by atoms with Crippen molar-refractivity contribution in [3.63, 3.8) is 0 Å². The van der Waals surface area contributed by atoms with Crippen LogP contribution in [0.15, 0.2) is 12.7 Å². The molecule has 0 rings (SSSR count). The minimum Gasteiger partial charge on any atom is -0.472 e. The smallest absolute Gasteiger partial charge is 0.407 e. The molecule has 0 heterocycles. The van der Waals surface area contributed by atoms with Crippen molar-refractivity contribution in [3.8, 4) is 11.8 Å². The number of rotatable bonds is 4. The largest absolute Gasteiger partial charge is 0.472 e. The van der Waals surface area contributed by atoms with Crippen molar-refractivity contribution in [2.75, 3.05) is 13.2 Å². The van der Waals surface area contributed by atoms with Gasteiger partial charge in [0.15, 0.2) is 0 Å². The lowest BCUT2D eigenvalue weighted by atomic mass is 9.94. The van der Waals surface area contributed by atoms with Crippen molar-refractivity contribution >= 4 is 12.1 Å². The Labute approximate surface area is 94.5 Å². The maximum absolute atomic E-state index is 11.0. The van der Waals surface area contributed by atoms with Crippen molar-refractivity contribution in [2.45, 2.75) is 13.8 Å². The summed E-state index contributed by atoms with van der Waals surface area (Å²) in [5.74, 6) is 3.35. The molecule has 0 aromatic heterocycles. The molecule has 1 amide bonds. The van der Waals surface area contributed by atoms with Crippen molar-refractivity contribution in [3.05, 3.63) is 12.7 Å². The minimum absolute atomic E-state index is 0.132. The Kier molecular flexibility index (Phi) is 5.71. The van der Waals surface area contributed by atoms with Crippen LogP contribution in [0.5, 0.6) is 0 Å². The van der Waals surface area contributed by atoms with Gasteiger partial charge < -0.3 is 15.2 Å². The van der Waals surface area contributed by atoms with E-state index in [-0.39, 0.29) is 13.2 Å². The van der Waals surface area contributed by atoms with Crippen LogP contribution in [-0.4, -0.2) is 30.3 Å². The number of amides is 1. The van der Waals surface area contributed by atoms with Crippen molar-refractivity contribution < 1.29 is 19.4 Å². The molecular weight excluding hydrogens is 210 g/mol. The molecule has 0 spiro atoms. The molecule has 0 unspecified atom stereocenters. The summed E-state index contributed by atoms with van der Waals surface area (Å²) < 4.78 is 4.68. The molecule has 0 fully saturated rings. The summed E-state index contributed by atoms with van der Waals surface area (Å²) in [7, 11) is 0. The van der Waals surface area contributed by atoms with E-state index in [9.17, 15) is 9.59 Å². The first-order valence-corrected chi connectivity index (χ1v) is 4.65. The predicted molar refractivity (Wildman–Crippen MR) is 58.7 cm³/mol. The molecule has 0 saturated heterocycles. The number of ether oxygens (including phenoxy) is 1. The molecule has 5 nitrogen and oxygen atoms in total. The predicted octanol–water partition coefficient (Wildman–Crippen LogP) is 1.01. The van der Waals surface area contributed by atoms with E-state index in [2.05, 4.69) is 22.6 Å². The van der Waals surface area contributed by atoms with Crippen LogP contribution in [0.2, 0.25) is 0 Å². The zero-order valence-electron chi connectivity index (χ0n) is 9.37. The molecule has 16 heavy (non-hydrogen) atoms. The van der Waals surface area contributed by atoms with Gasteiger partial charge in [0.25, 0.3) is 0 Å². The zero-order valence-corrected chi connectivity index (χ0v) is 9.37. The molecule has 0 aliphatic heterocycles. The maximum atomic E-state index is 11.0. The summed E-state index contributed by atoms with van der Waals surface area (Å²) >= 11 is 0. The molecule has 5 heteroatoms. The van der Waals surface area contributed by atoms with Crippen LogP contribution in [0.1, 0.15) is 13.8 Å². The molecule has 0 aliphatic rings. The first kappa shape index (κ1) is 14.0. The first-order chi connectivity index (χ1) is 7.37. The normalized spacial score (nSPS) is 9.62. The van der Waals surface area contributed by atoms with Crippen LogP contribution in [-0.2, 0) is 9.53 Å². The number of aliphatic carboxylic acids is 1. The van der Waals surface area contributed by atoms with Gasteiger partial charge in [0, 0.05) is 17.9 Å². The van der Waals surface area contributed by atoms with Crippen molar-refractivity contribution in [2.24, 2.45) is 5.41 Å². The lowest BCUT2D eigenvalue weighted by Crippen LogP contribution is -2.33. The number of carbonyl (C=O) groups excluding carboxylic acids is 1. The molecule has 88 valence electrons. The van der Waals surface area contributed by atoms with Crippen LogP contribution in [0.4, 0.5) is 4.79 Å². The summed E-state index contributed by atoms with van der Waals surface area (Å²) in [6.45, 7) is 7.18. The molecule has 0 aromatic rings. The molecular formula is C11H15NO4. The van der Waals surface area contributed by atoms with Gasteiger partial charge in [-0.2, -0.15) is 0 Å². The average molecular weight is 225 g/mol. The van der Waals surface area contributed by atoms with E-state index in [0.29, 0.717) is 0 Å². The minimum atomic E-state index is -1.19. The van der Waals surface area contributed by atoms with Gasteiger partial charge in [-0.25, -0.2) is 9.59 Å². The molecule has 0 atom stereocenters. The number of carbonyl (C=O) groups is 2. The molecule has 0 aliphatic carbocycles. The Morgan fingerprint density at radius 3 is 2.69 bits per heavy atom. The number of carboxylic acid groups (broad SMARTS) is 1. The van der Waals surface area contributed by atoms with Crippen LogP contribution in [0.3, 0.4) is 0 Å². The third-order valence-electron chi connectivity index (χ3n) is 1.51. The summed E-state index contributed by atoms with van der Waals surface area (Å²) in [6.07, 6.45) is 0.875. The Hall–Kier alpha value is -1.96. The number of hydrogen-bond donors (Lipinski definition) is 2. The molecule has 0 aromatic carbocycles. The highest BCUT2D eigenvalue weighted by molar-refractivity contribution is 5.86. The summed E-state index contributed by atoms with van der Waals surface area (Å²) in [6, 6.07) is 0. The number of carboxylic acids is 1. The van der Waals surface area contributed by atoms with Gasteiger partial charge in [-0.1, -0.05) is 18.6 Å². The van der Waals surface area contributed by atoms with E-state index < -0.39 is 17.5 Å². The summed E-state index contributed by atoms with van der Waals surface area (Å²) in [5.41, 5.74) is -0.619. The number of alkyl carbamates (subject to hydrolysis) is 1. The fourth-order valence-corrected chi connectivity index (χ4v) is 0.746. The maximum Gasteiger partial charge on any atom is 0.407 e. The fourth-order valence-electron chi connectivity index (χ4n) is 0.746. The number of hydrogen-bond acceptors (Lipinski definition) is 3. The van der Waals surface area contributed by atoms with E-state index in [4.69, 9.17) is 5.11 Å². The van der Waals surface area contributed by atoms with Crippen LogP contribution < -0.4 is 5.32 Å². The van der Waals surface area contributed by atoms with E-state index in [0.717, 1.165) is 0 Å². The van der Waals surface area contributed by atoms with Crippen molar-refractivity contribution in [1.82, 2.24) is 5.32 Å². The van der Waals surface area contributed by atoms with Gasteiger partial charge >= 0.3 is 12.1 Å². The van der Waals surface area contributed by atoms with E-state index in [1.54, 1.807) is 13.8 Å². The van der Waals surface area contributed by atoms with Gasteiger partial charge in [0.2, 0.25) is 0 Å². The second-order valence-corrected chi connectivity index (χ2v) is 3.68. The Balaban J connectivity index is 4.09. The monoisotopic (exact) mass is 225 g/mol. The highest BCUT2D eigenvalue weighted by Gasteiger charge is 2.16. The second kappa shape index (κ2) is 6.51. The molecule has 2 N–H and O–H groups in total. The van der Waals surface area contributed by atoms with Gasteiger partial charge in [-0.3, -0.25) is 0 Å². The fraction of sp³-hybridized carbons (Fsp3) is 0.455. The van der Waals surface area contributed by atoms with Gasteiger partial charge in [-0.15, -0.1) is 0 Å². The Morgan fingerprint density at radius 1 is 1.56 bits per heavy atom. The van der Waals surface area contributed by atoms with E-state index in [1.165, 1.54) is 6.08 Å². The van der Waals surface area contributed by atoms with Crippen LogP contribution in [0.25, 0.3) is 0 Å². The Bertz CT molecular complexity index is 336. The highest BCUT2D eigenvalue weighted by Crippen LogP contribution is 2.11. The van der Waals surface area contributed by atoms with Gasteiger partial charge in [-0.05, 0) is 13.8 Å². The quantitative estimate of drug-likeness (QED) is 0.553. The standard InChI is InChI=1S/C11H15NO4/c1-4-7-16-10(15)12-8-11(2,3)6-5-9(13)14/h4H,1,7-8H2,2-3H3,(H,12,15)(H,13,14). The lowest BCUT2D eigenvalue weighted by Gasteiger charge is -2.17. The van der Waals surface area contributed by atoms with Crippen molar-refractivity contribution in [1.29, 1.82) is 0 Å². The van der Waals surface area contributed by atoms with Gasteiger partial charge in [0.1, 0.15) is 6.61 Å². The summed E-state index contributed by atoms with van der Waals surface area (Å²) in [5, 5.41) is 10.9. The van der Waals surface area contributed by atoms with Crippen LogP contribution in [0, 0.1) is 17.3 Å². The third kappa shape index (κ3) is 7.44. The van der Waals surface area contributed by atoms with E-state index in [1.807, 2.05) is 5.92 Å². The van der Waals surface area contributed by atoms with Crippen LogP contribution >= 0.6 is 0 Å². The average Bonchev–Trinajstić information content (AvgIpc) is 2.21. The zero-order chi connectivity index (χ0) is 12.6. The third-order valence-corrected chi connectivity index (χ3v) is 1.51. The van der Waals surface area contributed by atoms with E-state index >= 15 is 0 Å². The lowest BCUT2D eigenvalue weighted by molar-refractivity contribution is -0.130. The Morgan fingerprint density at radius 2 is 2.19 bits per heavy atom. The molecule has 0 bridgehead atoms. The first-order valence-electron chi connectivity index (χ1n) is 4.65. The topological polar surface area (TPSA) is 75.6 Å². The molecule has 0 radical (unpaired) electrons.